The summed E-state index contributed by atoms with van der Waals surface area (Å²) in [6.45, 7) is 7.62. The van der Waals surface area contributed by atoms with Gasteiger partial charge in [0.25, 0.3) is 0 Å². The molecule has 0 aliphatic carbocycles. The summed E-state index contributed by atoms with van der Waals surface area (Å²) in [6.07, 6.45) is 1.47. The lowest BCUT2D eigenvalue weighted by molar-refractivity contribution is -0.141. The Balaban J connectivity index is 2.18. The first-order valence-corrected chi connectivity index (χ1v) is 13.9. The van der Waals surface area contributed by atoms with Gasteiger partial charge in [-0.05, 0) is 76.1 Å². The average Bonchev–Trinajstić information content (AvgIpc) is 2.78. The summed E-state index contributed by atoms with van der Waals surface area (Å²) < 4.78 is 31.3. The van der Waals surface area contributed by atoms with Gasteiger partial charge in [-0.1, -0.05) is 23.7 Å². The number of hydrogen-bond donors (Lipinski definition) is 1. The Labute approximate surface area is 219 Å². The van der Waals surface area contributed by atoms with Crippen molar-refractivity contribution < 1.29 is 22.7 Å². The monoisotopic (exact) mass is 537 g/mol. The molecule has 1 atom stereocenters. The Kier molecular flexibility index (Phi) is 10.2. The quantitative estimate of drug-likeness (QED) is 0.463. The van der Waals surface area contributed by atoms with Crippen LogP contribution in [0.15, 0.2) is 48.5 Å². The summed E-state index contributed by atoms with van der Waals surface area (Å²) in [6, 6.07) is 13.1. The molecule has 2 amide bonds. The molecular weight excluding hydrogens is 502 g/mol. The van der Waals surface area contributed by atoms with Gasteiger partial charge in [0.05, 0.1) is 19.1 Å². The Morgan fingerprint density at radius 2 is 1.75 bits per heavy atom. The fourth-order valence-electron chi connectivity index (χ4n) is 3.64. The molecule has 0 aromatic heterocycles. The van der Waals surface area contributed by atoms with Crippen LogP contribution in [0.3, 0.4) is 0 Å². The summed E-state index contributed by atoms with van der Waals surface area (Å²) in [5.74, 6) is 0.0881. The van der Waals surface area contributed by atoms with Gasteiger partial charge in [-0.15, -0.1) is 0 Å². The Bertz CT molecular complexity index is 1150. The molecule has 0 unspecified atom stereocenters. The normalized spacial score (nSPS) is 12.5. The van der Waals surface area contributed by atoms with E-state index < -0.39 is 21.6 Å². The number of nitrogens with one attached hydrogen (secondary N) is 1. The van der Waals surface area contributed by atoms with Gasteiger partial charge in [0.1, 0.15) is 11.8 Å². The zero-order valence-electron chi connectivity index (χ0n) is 21.7. The SMILES string of the molecule is COc1ccc(N(CCCC(=O)N(Cc2cccc(Cl)c2)[C@@H](C)C(=O)NC(C)(C)C)S(C)(=O)=O)cc1. The number of ether oxygens (including phenoxy) is 1. The number of carbonyl (C=O) groups excluding carboxylic acids is 2. The number of halogens is 1. The first-order chi connectivity index (χ1) is 16.7. The van der Waals surface area contributed by atoms with Gasteiger partial charge in [-0.2, -0.15) is 0 Å². The van der Waals surface area contributed by atoms with Gasteiger partial charge in [-0.3, -0.25) is 13.9 Å². The molecule has 2 aromatic rings. The maximum absolute atomic E-state index is 13.3. The Morgan fingerprint density at radius 1 is 1.11 bits per heavy atom. The molecule has 1 N–H and O–H groups in total. The van der Waals surface area contributed by atoms with E-state index in [2.05, 4.69) is 5.32 Å². The third kappa shape index (κ3) is 9.02. The summed E-state index contributed by atoms with van der Waals surface area (Å²) in [7, 11) is -2.04. The van der Waals surface area contributed by atoms with Crippen LogP contribution >= 0.6 is 11.6 Å². The predicted octanol–water partition coefficient (Wildman–Crippen LogP) is 4.23. The lowest BCUT2D eigenvalue weighted by Crippen LogP contribution is -2.52. The summed E-state index contributed by atoms with van der Waals surface area (Å²) in [5.41, 5.74) is 0.825. The second-order valence-electron chi connectivity index (χ2n) is 9.70. The van der Waals surface area contributed by atoms with Gasteiger partial charge < -0.3 is 15.0 Å². The second kappa shape index (κ2) is 12.5. The second-order valence-corrected chi connectivity index (χ2v) is 12.0. The lowest BCUT2D eigenvalue weighted by atomic mass is 10.1. The van der Waals surface area contributed by atoms with E-state index in [0.717, 1.165) is 11.8 Å². The Hall–Kier alpha value is -2.78. The van der Waals surface area contributed by atoms with Crippen LogP contribution in [-0.2, 0) is 26.2 Å². The highest BCUT2D eigenvalue weighted by atomic mass is 35.5. The highest BCUT2D eigenvalue weighted by molar-refractivity contribution is 7.92. The molecular formula is C26H36ClN3O5S. The van der Waals surface area contributed by atoms with E-state index >= 15 is 0 Å². The van der Waals surface area contributed by atoms with Crippen LogP contribution in [0.4, 0.5) is 5.69 Å². The lowest BCUT2D eigenvalue weighted by Gasteiger charge is -2.32. The fourth-order valence-corrected chi connectivity index (χ4v) is 4.82. The van der Waals surface area contributed by atoms with E-state index in [1.807, 2.05) is 26.8 Å². The molecule has 0 bridgehead atoms. The zero-order chi connectivity index (χ0) is 27.1. The number of anilines is 1. The molecule has 2 aromatic carbocycles. The van der Waals surface area contributed by atoms with Crippen LogP contribution in [0.2, 0.25) is 5.02 Å². The Morgan fingerprint density at radius 3 is 2.28 bits per heavy atom. The van der Waals surface area contributed by atoms with Crippen molar-refractivity contribution in [3.63, 3.8) is 0 Å². The topological polar surface area (TPSA) is 96.0 Å². The maximum Gasteiger partial charge on any atom is 0.242 e. The number of nitrogens with zero attached hydrogens (tertiary/aromatic N) is 2. The van der Waals surface area contributed by atoms with E-state index in [1.165, 1.54) is 16.3 Å². The van der Waals surface area contributed by atoms with Crippen molar-refractivity contribution in [1.29, 1.82) is 0 Å². The third-order valence-corrected chi connectivity index (χ3v) is 6.85. The number of amides is 2. The van der Waals surface area contributed by atoms with Gasteiger partial charge >= 0.3 is 0 Å². The molecule has 198 valence electrons. The molecule has 10 heteroatoms. The van der Waals surface area contributed by atoms with E-state index in [4.69, 9.17) is 16.3 Å². The number of carbonyl (C=O) groups is 2. The van der Waals surface area contributed by atoms with Gasteiger partial charge in [0, 0.05) is 30.1 Å². The summed E-state index contributed by atoms with van der Waals surface area (Å²) in [4.78, 5) is 27.7. The van der Waals surface area contributed by atoms with Crippen molar-refractivity contribution in [3.05, 3.63) is 59.1 Å². The van der Waals surface area contributed by atoms with Crippen LogP contribution in [0.5, 0.6) is 5.75 Å². The fraction of sp³-hybridized carbons (Fsp3) is 0.462. The molecule has 0 saturated heterocycles. The van der Waals surface area contributed by atoms with E-state index in [0.29, 0.717) is 16.5 Å². The molecule has 0 fully saturated rings. The van der Waals surface area contributed by atoms with Crippen molar-refractivity contribution in [3.8, 4) is 5.75 Å². The minimum atomic E-state index is -3.57. The van der Waals surface area contributed by atoms with Crippen molar-refractivity contribution in [1.82, 2.24) is 10.2 Å². The van der Waals surface area contributed by atoms with Crippen molar-refractivity contribution in [2.75, 3.05) is 24.2 Å². The number of benzene rings is 2. The summed E-state index contributed by atoms with van der Waals surface area (Å²) in [5, 5.41) is 3.46. The molecule has 0 spiro atoms. The van der Waals surface area contributed by atoms with Crippen LogP contribution in [-0.4, -0.2) is 56.6 Å². The first kappa shape index (κ1) is 29.5. The van der Waals surface area contributed by atoms with E-state index in [-0.39, 0.29) is 37.7 Å². The molecule has 36 heavy (non-hydrogen) atoms. The molecule has 0 radical (unpaired) electrons. The molecule has 0 aliphatic heterocycles. The highest BCUT2D eigenvalue weighted by Gasteiger charge is 2.28. The largest absolute Gasteiger partial charge is 0.497 e. The van der Waals surface area contributed by atoms with E-state index in [9.17, 15) is 18.0 Å². The predicted molar refractivity (Wildman–Crippen MR) is 144 cm³/mol. The van der Waals surface area contributed by atoms with E-state index in [1.54, 1.807) is 49.4 Å². The van der Waals surface area contributed by atoms with Crippen LogP contribution < -0.4 is 14.4 Å². The molecule has 2 rings (SSSR count). The van der Waals surface area contributed by atoms with Crippen molar-refractivity contribution in [2.24, 2.45) is 0 Å². The third-order valence-electron chi connectivity index (χ3n) is 5.42. The average molecular weight is 538 g/mol. The van der Waals surface area contributed by atoms with Gasteiger partial charge in [-0.25, -0.2) is 8.42 Å². The van der Waals surface area contributed by atoms with Crippen LogP contribution in [0.1, 0.15) is 46.1 Å². The van der Waals surface area contributed by atoms with Crippen molar-refractivity contribution >= 4 is 39.1 Å². The number of hydrogen-bond acceptors (Lipinski definition) is 5. The maximum atomic E-state index is 13.3. The molecule has 0 saturated carbocycles. The minimum Gasteiger partial charge on any atom is -0.497 e. The number of rotatable bonds is 11. The molecule has 0 heterocycles. The van der Waals surface area contributed by atoms with Crippen LogP contribution in [0.25, 0.3) is 0 Å². The van der Waals surface area contributed by atoms with Gasteiger partial charge in [0.2, 0.25) is 21.8 Å². The first-order valence-electron chi connectivity index (χ1n) is 11.7. The van der Waals surface area contributed by atoms with Crippen molar-refractivity contribution in [2.45, 2.75) is 58.7 Å². The standard InChI is InChI=1S/C26H36ClN3O5S/c1-19(25(32)28-26(2,3)4)29(18-20-9-7-10-21(27)17-20)24(31)11-8-16-30(36(6,33)34)22-12-14-23(35-5)15-13-22/h7,9-10,12-15,17,19H,8,11,16,18H2,1-6H3,(H,28,32)/t19-/m0/s1. The van der Waals surface area contributed by atoms with Crippen LogP contribution in [0, 0.1) is 0 Å². The van der Waals surface area contributed by atoms with Gasteiger partial charge in [0.15, 0.2) is 0 Å². The summed E-state index contributed by atoms with van der Waals surface area (Å²) >= 11 is 6.12. The smallest absolute Gasteiger partial charge is 0.242 e. The number of methoxy groups -OCH3 is 1. The highest BCUT2D eigenvalue weighted by Crippen LogP contribution is 2.22. The molecule has 8 nitrogen and oxygen atoms in total. The zero-order valence-corrected chi connectivity index (χ0v) is 23.3. The number of sulfonamides is 1. The molecule has 0 aliphatic rings. The minimum absolute atomic E-state index is 0.0654.